The van der Waals surface area contributed by atoms with Gasteiger partial charge in [0.15, 0.2) is 0 Å². The Hall–Kier alpha value is -1.26. The van der Waals surface area contributed by atoms with Crippen LogP contribution in [0.5, 0.6) is 0 Å². The van der Waals surface area contributed by atoms with E-state index in [0.29, 0.717) is 6.61 Å². The minimum absolute atomic E-state index is 0.0531. The Labute approximate surface area is 120 Å². The van der Waals surface area contributed by atoms with Crippen molar-refractivity contribution < 1.29 is 19.1 Å². The monoisotopic (exact) mass is 283 g/mol. The minimum atomic E-state index is -0.507. The summed E-state index contributed by atoms with van der Waals surface area (Å²) in [4.78, 5) is 26.2. The van der Waals surface area contributed by atoms with Crippen molar-refractivity contribution in [2.75, 3.05) is 6.61 Å². The molecule has 0 aromatic heterocycles. The molecule has 0 aromatic rings. The third-order valence-corrected chi connectivity index (χ3v) is 4.02. The molecular formula is C15H25NO4. The molecule has 3 atom stereocenters. The van der Waals surface area contributed by atoms with E-state index in [1.54, 1.807) is 4.90 Å². The summed E-state index contributed by atoms with van der Waals surface area (Å²) in [6, 6.07) is 0.170. The van der Waals surface area contributed by atoms with E-state index < -0.39 is 5.60 Å². The van der Waals surface area contributed by atoms with E-state index >= 15 is 0 Å². The van der Waals surface area contributed by atoms with E-state index in [-0.39, 0.29) is 30.1 Å². The van der Waals surface area contributed by atoms with Gasteiger partial charge in [0.05, 0.1) is 12.5 Å². The van der Waals surface area contributed by atoms with Crippen LogP contribution in [0.15, 0.2) is 0 Å². The first-order valence-corrected chi connectivity index (χ1v) is 7.51. The molecule has 2 aliphatic heterocycles. The summed E-state index contributed by atoms with van der Waals surface area (Å²) in [5.74, 6) is -0.368. The van der Waals surface area contributed by atoms with Crippen LogP contribution in [-0.2, 0) is 14.3 Å². The summed E-state index contributed by atoms with van der Waals surface area (Å²) in [5, 5.41) is 0. The SMILES string of the molecule is CCOC(=O)[C@@H]1CC[C@@H]2CC[C@H]1N2C(=O)OC(C)(C)C. The number of fused-ring (bicyclic) bond motifs is 2. The Balaban J connectivity index is 2.10. The molecule has 2 heterocycles. The van der Waals surface area contributed by atoms with Crippen LogP contribution >= 0.6 is 0 Å². The molecule has 2 bridgehead atoms. The van der Waals surface area contributed by atoms with Crippen molar-refractivity contribution in [3.05, 3.63) is 0 Å². The number of piperidine rings is 1. The highest BCUT2D eigenvalue weighted by Crippen LogP contribution is 2.40. The number of esters is 1. The number of hydrogen-bond acceptors (Lipinski definition) is 4. The van der Waals surface area contributed by atoms with Gasteiger partial charge >= 0.3 is 12.1 Å². The van der Waals surface area contributed by atoms with Gasteiger partial charge in [-0.15, -0.1) is 0 Å². The zero-order chi connectivity index (χ0) is 14.9. The zero-order valence-electron chi connectivity index (χ0n) is 12.8. The average Bonchev–Trinajstić information content (AvgIpc) is 2.62. The second-order valence-corrected chi connectivity index (χ2v) is 6.62. The molecule has 5 heteroatoms. The van der Waals surface area contributed by atoms with Crippen molar-refractivity contribution in [3.63, 3.8) is 0 Å². The van der Waals surface area contributed by atoms with Gasteiger partial charge in [0.1, 0.15) is 5.60 Å². The Morgan fingerprint density at radius 1 is 1.15 bits per heavy atom. The number of rotatable bonds is 2. The molecular weight excluding hydrogens is 258 g/mol. The van der Waals surface area contributed by atoms with E-state index in [0.717, 1.165) is 25.7 Å². The highest BCUT2D eigenvalue weighted by molar-refractivity contribution is 5.76. The lowest BCUT2D eigenvalue weighted by molar-refractivity contribution is -0.151. The molecule has 2 saturated heterocycles. The van der Waals surface area contributed by atoms with Crippen LogP contribution in [0.3, 0.4) is 0 Å². The van der Waals surface area contributed by atoms with Gasteiger partial charge in [-0.2, -0.15) is 0 Å². The predicted molar refractivity (Wildman–Crippen MR) is 74.2 cm³/mol. The lowest BCUT2D eigenvalue weighted by Crippen LogP contribution is -2.51. The first kappa shape index (κ1) is 15.1. The van der Waals surface area contributed by atoms with Crippen LogP contribution in [0.25, 0.3) is 0 Å². The average molecular weight is 283 g/mol. The van der Waals surface area contributed by atoms with Crippen molar-refractivity contribution in [1.82, 2.24) is 4.90 Å². The van der Waals surface area contributed by atoms with Gasteiger partial charge in [-0.05, 0) is 53.4 Å². The number of carbonyl (C=O) groups is 2. The van der Waals surface area contributed by atoms with E-state index in [1.807, 2.05) is 27.7 Å². The molecule has 0 saturated carbocycles. The number of nitrogens with zero attached hydrogens (tertiary/aromatic N) is 1. The van der Waals surface area contributed by atoms with Gasteiger partial charge in [-0.25, -0.2) is 4.79 Å². The molecule has 20 heavy (non-hydrogen) atoms. The quantitative estimate of drug-likeness (QED) is 0.731. The summed E-state index contributed by atoms with van der Waals surface area (Å²) >= 11 is 0. The van der Waals surface area contributed by atoms with Crippen molar-refractivity contribution >= 4 is 12.1 Å². The fourth-order valence-electron chi connectivity index (χ4n) is 3.28. The molecule has 2 rings (SSSR count). The van der Waals surface area contributed by atoms with Gasteiger partial charge in [0.2, 0.25) is 0 Å². The zero-order valence-corrected chi connectivity index (χ0v) is 12.8. The summed E-state index contributed by atoms with van der Waals surface area (Å²) in [7, 11) is 0. The number of hydrogen-bond donors (Lipinski definition) is 0. The lowest BCUT2D eigenvalue weighted by atomic mass is 9.90. The summed E-state index contributed by atoms with van der Waals surface area (Å²) in [5.41, 5.74) is -0.507. The number of carbonyl (C=O) groups excluding carboxylic acids is 2. The predicted octanol–water partition coefficient (Wildman–Crippen LogP) is 2.73. The maximum atomic E-state index is 12.4. The third-order valence-electron chi connectivity index (χ3n) is 4.02. The molecule has 1 amide bonds. The standard InChI is InChI=1S/C15H25NO4/c1-5-19-13(17)11-8-6-10-7-9-12(11)16(10)14(18)20-15(2,3)4/h10-12H,5-9H2,1-4H3/t10-,11-,12-/m1/s1. The third kappa shape index (κ3) is 3.07. The molecule has 2 fully saturated rings. The maximum absolute atomic E-state index is 12.4. The Kier molecular flexibility index (Phi) is 4.25. The van der Waals surface area contributed by atoms with Crippen molar-refractivity contribution in [2.45, 2.75) is 71.1 Å². The van der Waals surface area contributed by atoms with E-state index in [9.17, 15) is 9.59 Å². The topological polar surface area (TPSA) is 55.8 Å². The fraction of sp³-hybridized carbons (Fsp3) is 0.867. The van der Waals surface area contributed by atoms with Crippen LogP contribution in [0.4, 0.5) is 4.79 Å². The smallest absolute Gasteiger partial charge is 0.410 e. The summed E-state index contributed by atoms with van der Waals surface area (Å²) in [6.45, 7) is 7.78. The number of amides is 1. The lowest BCUT2D eigenvalue weighted by Gasteiger charge is -2.39. The van der Waals surface area contributed by atoms with Gasteiger partial charge in [0, 0.05) is 12.1 Å². The maximum Gasteiger partial charge on any atom is 0.410 e. The highest BCUT2D eigenvalue weighted by Gasteiger charge is 2.49. The molecule has 0 spiro atoms. The molecule has 5 nitrogen and oxygen atoms in total. The number of ether oxygens (including phenoxy) is 2. The van der Waals surface area contributed by atoms with E-state index in [4.69, 9.17) is 9.47 Å². The van der Waals surface area contributed by atoms with Crippen LogP contribution in [0.1, 0.15) is 53.4 Å². The van der Waals surface area contributed by atoms with Crippen LogP contribution < -0.4 is 0 Å². The van der Waals surface area contributed by atoms with Gasteiger partial charge in [-0.1, -0.05) is 0 Å². The first-order valence-electron chi connectivity index (χ1n) is 7.51. The molecule has 2 aliphatic rings. The second kappa shape index (κ2) is 5.62. The van der Waals surface area contributed by atoms with Crippen LogP contribution in [0.2, 0.25) is 0 Å². The Morgan fingerprint density at radius 3 is 2.40 bits per heavy atom. The molecule has 0 radical (unpaired) electrons. The Morgan fingerprint density at radius 2 is 1.80 bits per heavy atom. The summed E-state index contributed by atoms with van der Waals surface area (Å²) < 4.78 is 10.6. The summed E-state index contributed by atoms with van der Waals surface area (Å²) in [6.07, 6.45) is 3.21. The van der Waals surface area contributed by atoms with Crippen molar-refractivity contribution in [1.29, 1.82) is 0 Å². The minimum Gasteiger partial charge on any atom is -0.466 e. The largest absolute Gasteiger partial charge is 0.466 e. The van der Waals surface area contributed by atoms with Gasteiger partial charge in [0.25, 0.3) is 0 Å². The second-order valence-electron chi connectivity index (χ2n) is 6.62. The first-order chi connectivity index (χ1) is 9.33. The fourth-order valence-corrected chi connectivity index (χ4v) is 3.28. The van der Waals surface area contributed by atoms with Crippen molar-refractivity contribution in [3.8, 4) is 0 Å². The van der Waals surface area contributed by atoms with Crippen LogP contribution in [-0.4, -0.2) is 41.3 Å². The van der Waals surface area contributed by atoms with Crippen LogP contribution in [0, 0.1) is 5.92 Å². The molecule has 0 unspecified atom stereocenters. The van der Waals surface area contributed by atoms with E-state index in [1.165, 1.54) is 0 Å². The molecule has 0 aliphatic carbocycles. The molecule has 0 aromatic carbocycles. The van der Waals surface area contributed by atoms with Crippen molar-refractivity contribution in [2.24, 2.45) is 5.92 Å². The van der Waals surface area contributed by atoms with E-state index in [2.05, 4.69) is 0 Å². The van der Waals surface area contributed by atoms with Gasteiger partial charge in [-0.3, -0.25) is 4.79 Å². The normalized spacial score (nSPS) is 29.2. The highest BCUT2D eigenvalue weighted by atomic mass is 16.6. The van der Waals surface area contributed by atoms with Gasteiger partial charge < -0.3 is 14.4 Å². The molecule has 114 valence electrons. The molecule has 0 N–H and O–H groups in total. The Bertz CT molecular complexity index is 388.